The number of methoxy groups -OCH3 is 1. The van der Waals surface area contributed by atoms with Gasteiger partial charge in [-0.1, -0.05) is 12.1 Å². The summed E-state index contributed by atoms with van der Waals surface area (Å²) in [4.78, 5) is 4.95. The highest BCUT2D eigenvalue weighted by Crippen LogP contribution is 2.25. The highest BCUT2D eigenvalue weighted by atomic mass is 16.5. The van der Waals surface area contributed by atoms with Crippen LogP contribution in [0.25, 0.3) is 0 Å². The Morgan fingerprint density at radius 2 is 2.08 bits per heavy atom. The summed E-state index contributed by atoms with van der Waals surface area (Å²) in [5.41, 5.74) is 1.06. The minimum Gasteiger partial charge on any atom is -0.497 e. The summed E-state index contributed by atoms with van der Waals surface area (Å²) in [7, 11) is 1.71. The molecule has 24 heavy (non-hydrogen) atoms. The van der Waals surface area contributed by atoms with Gasteiger partial charge in [0.05, 0.1) is 26.9 Å². The van der Waals surface area contributed by atoms with Crippen molar-refractivity contribution in [2.45, 2.75) is 32.0 Å². The third kappa shape index (κ3) is 4.28. The Kier molecular flexibility index (Phi) is 5.76. The van der Waals surface area contributed by atoms with Gasteiger partial charge in [0.15, 0.2) is 0 Å². The zero-order valence-electron chi connectivity index (χ0n) is 15.2. The molecule has 0 radical (unpaired) electrons. The molecule has 1 unspecified atom stereocenters. The summed E-state index contributed by atoms with van der Waals surface area (Å²) >= 11 is 0. The van der Waals surface area contributed by atoms with Gasteiger partial charge in [0.1, 0.15) is 11.4 Å². The summed E-state index contributed by atoms with van der Waals surface area (Å²) in [6.45, 7) is 11.4. The van der Waals surface area contributed by atoms with E-state index in [0.717, 1.165) is 51.7 Å². The van der Waals surface area contributed by atoms with Crippen molar-refractivity contribution in [1.82, 2.24) is 9.80 Å². The third-order valence-corrected chi connectivity index (χ3v) is 4.98. The van der Waals surface area contributed by atoms with Crippen LogP contribution in [0.4, 0.5) is 0 Å². The van der Waals surface area contributed by atoms with E-state index in [1.54, 1.807) is 7.11 Å². The smallest absolute Gasteiger partial charge is 0.119 e. The van der Waals surface area contributed by atoms with E-state index in [2.05, 4.69) is 41.8 Å². The molecule has 3 rings (SSSR count). The summed E-state index contributed by atoms with van der Waals surface area (Å²) < 4.78 is 17.5. The van der Waals surface area contributed by atoms with Crippen LogP contribution >= 0.6 is 0 Å². The van der Waals surface area contributed by atoms with Crippen LogP contribution in [-0.4, -0.2) is 74.6 Å². The van der Waals surface area contributed by atoms with Crippen LogP contribution in [0.5, 0.6) is 5.75 Å². The maximum Gasteiger partial charge on any atom is 0.119 e. The second-order valence-electron chi connectivity index (χ2n) is 7.21. The maximum absolute atomic E-state index is 6.25. The fraction of sp³-hybridized carbons (Fsp3) is 0.684. The minimum atomic E-state index is -0.210. The molecule has 2 aliphatic rings. The first-order valence-corrected chi connectivity index (χ1v) is 8.91. The van der Waals surface area contributed by atoms with E-state index in [0.29, 0.717) is 12.6 Å². The minimum absolute atomic E-state index is 0.210. The Labute approximate surface area is 145 Å². The first kappa shape index (κ1) is 17.7. The average Bonchev–Trinajstić information content (AvgIpc) is 2.77. The molecule has 0 bridgehead atoms. The standard InChI is InChI=1S/C19H30N2O3/c1-16(2)21-8-10-24-19(14-21)13-20(7-9-23-15-19)12-17-5-4-6-18(11-17)22-3/h4-6,11,16H,7-10,12-15H2,1-3H3. The Morgan fingerprint density at radius 1 is 1.21 bits per heavy atom. The second-order valence-corrected chi connectivity index (χ2v) is 7.21. The lowest BCUT2D eigenvalue weighted by Gasteiger charge is -2.44. The summed E-state index contributed by atoms with van der Waals surface area (Å²) in [6, 6.07) is 8.85. The van der Waals surface area contributed by atoms with Gasteiger partial charge >= 0.3 is 0 Å². The van der Waals surface area contributed by atoms with Gasteiger partial charge in [-0.05, 0) is 31.5 Å². The molecule has 5 heteroatoms. The van der Waals surface area contributed by atoms with Gasteiger partial charge in [-0.2, -0.15) is 0 Å². The molecule has 1 aromatic carbocycles. The van der Waals surface area contributed by atoms with Gasteiger partial charge in [0.25, 0.3) is 0 Å². The summed E-state index contributed by atoms with van der Waals surface area (Å²) in [6.07, 6.45) is 0. The molecule has 0 saturated carbocycles. The highest BCUT2D eigenvalue weighted by molar-refractivity contribution is 5.28. The quantitative estimate of drug-likeness (QED) is 0.841. The van der Waals surface area contributed by atoms with Crippen molar-refractivity contribution in [2.75, 3.05) is 53.1 Å². The van der Waals surface area contributed by atoms with Crippen molar-refractivity contribution in [3.63, 3.8) is 0 Å². The predicted octanol–water partition coefficient (Wildman–Crippen LogP) is 2.01. The molecule has 2 saturated heterocycles. The SMILES string of the molecule is COc1cccc(CN2CCOCC3(C2)CN(C(C)C)CCO3)c1. The van der Waals surface area contributed by atoms with E-state index in [1.165, 1.54) is 5.56 Å². The number of rotatable bonds is 4. The third-order valence-electron chi connectivity index (χ3n) is 4.98. The first-order valence-electron chi connectivity index (χ1n) is 8.91. The van der Waals surface area contributed by atoms with Gasteiger partial charge in [-0.15, -0.1) is 0 Å². The number of hydrogen-bond acceptors (Lipinski definition) is 5. The fourth-order valence-electron chi connectivity index (χ4n) is 3.65. The maximum atomic E-state index is 6.25. The van der Waals surface area contributed by atoms with Crippen molar-refractivity contribution >= 4 is 0 Å². The van der Waals surface area contributed by atoms with E-state index >= 15 is 0 Å². The predicted molar refractivity (Wildman–Crippen MR) is 94.5 cm³/mol. The van der Waals surface area contributed by atoms with Gasteiger partial charge in [-0.25, -0.2) is 0 Å². The van der Waals surface area contributed by atoms with Crippen LogP contribution in [-0.2, 0) is 16.0 Å². The molecular formula is C19H30N2O3. The molecule has 5 nitrogen and oxygen atoms in total. The molecule has 0 aromatic heterocycles. The van der Waals surface area contributed by atoms with Crippen molar-refractivity contribution < 1.29 is 14.2 Å². The molecule has 0 amide bonds. The van der Waals surface area contributed by atoms with Gasteiger partial charge in [0, 0.05) is 38.8 Å². The molecule has 2 aliphatic heterocycles. The second kappa shape index (κ2) is 7.83. The number of morpholine rings is 1. The van der Waals surface area contributed by atoms with Crippen LogP contribution in [0, 0.1) is 0 Å². The molecule has 2 fully saturated rings. The monoisotopic (exact) mass is 334 g/mol. The van der Waals surface area contributed by atoms with Crippen molar-refractivity contribution in [1.29, 1.82) is 0 Å². The molecule has 2 heterocycles. The lowest BCUT2D eigenvalue weighted by atomic mass is 10.0. The van der Waals surface area contributed by atoms with Crippen molar-refractivity contribution in [3.05, 3.63) is 29.8 Å². The average molecular weight is 334 g/mol. The van der Waals surface area contributed by atoms with E-state index in [9.17, 15) is 0 Å². The van der Waals surface area contributed by atoms with Gasteiger partial charge in [-0.3, -0.25) is 9.80 Å². The zero-order chi connectivity index (χ0) is 17.0. The molecule has 1 aromatic rings. The molecular weight excluding hydrogens is 304 g/mol. The number of hydrogen-bond donors (Lipinski definition) is 0. The number of benzene rings is 1. The summed E-state index contributed by atoms with van der Waals surface area (Å²) in [5, 5.41) is 0. The number of ether oxygens (including phenoxy) is 3. The normalized spacial score (nSPS) is 26.7. The highest BCUT2D eigenvalue weighted by Gasteiger charge is 2.40. The van der Waals surface area contributed by atoms with Crippen LogP contribution in [0.3, 0.4) is 0 Å². The first-order chi connectivity index (χ1) is 11.6. The fourth-order valence-corrected chi connectivity index (χ4v) is 3.65. The van der Waals surface area contributed by atoms with Crippen LogP contribution in [0.1, 0.15) is 19.4 Å². The van der Waals surface area contributed by atoms with Crippen molar-refractivity contribution in [3.8, 4) is 5.75 Å². The Balaban J connectivity index is 1.70. The molecule has 0 N–H and O–H groups in total. The lowest BCUT2D eigenvalue weighted by Crippen LogP contribution is -2.59. The Hall–Kier alpha value is -1.14. The number of nitrogens with zero attached hydrogens (tertiary/aromatic N) is 2. The largest absolute Gasteiger partial charge is 0.497 e. The van der Waals surface area contributed by atoms with Gasteiger partial charge < -0.3 is 14.2 Å². The molecule has 134 valence electrons. The van der Waals surface area contributed by atoms with Crippen LogP contribution < -0.4 is 4.74 Å². The molecule has 0 aliphatic carbocycles. The molecule has 1 atom stereocenters. The Bertz CT molecular complexity index is 537. The van der Waals surface area contributed by atoms with E-state index in [-0.39, 0.29) is 5.60 Å². The van der Waals surface area contributed by atoms with E-state index in [1.807, 2.05) is 6.07 Å². The van der Waals surface area contributed by atoms with Crippen LogP contribution in [0.15, 0.2) is 24.3 Å². The van der Waals surface area contributed by atoms with Crippen LogP contribution in [0.2, 0.25) is 0 Å². The van der Waals surface area contributed by atoms with E-state index < -0.39 is 0 Å². The summed E-state index contributed by atoms with van der Waals surface area (Å²) in [5.74, 6) is 0.910. The molecule has 1 spiro atoms. The zero-order valence-corrected chi connectivity index (χ0v) is 15.2. The van der Waals surface area contributed by atoms with E-state index in [4.69, 9.17) is 14.2 Å². The van der Waals surface area contributed by atoms with Crippen molar-refractivity contribution in [2.24, 2.45) is 0 Å². The Morgan fingerprint density at radius 3 is 2.88 bits per heavy atom. The lowest BCUT2D eigenvalue weighted by molar-refractivity contribution is -0.146. The van der Waals surface area contributed by atoms with Gasteiger partial charge in [0.2, 0.25) is 0 Å². The topological polar surface area (TPSA) is 34.2 Å².